The summed E-state index contributed by atoms with van der Waals surface area (Å²) < 4.78 is 31.3. The van der Waals surface area contributed by atoms with Crippen LogP contribution in [0.3, 0.4) is 0 Å². The summed E-state index contributed by atoms with van der Waals surface area (Å²) in [6.45, 7) is 5.28. The van der Waals surface area contributed by atoms with Crippen LogP contribution in [0.25, 0.3) is 0 Å². The van der Waals surface area contributed by atoms with E-state index in [-0.39, 0.29) is 35.2 Å². The highest BCUT2D eigenvalue weighted by atomic mass is 32.2. The van der Waals surface area contributed by atoms with Crippen molar-refractivity contribution in [2.75, 3.05) is 13.1 Å². The fraction of sp³-hybridized carbons (Fsp3) is 0.520. The monoisotopic (exact) mass is 503 g/mol. The molecular formula is C25H33N3O6S. The Balaban J connectivity index is 2.54. The van der Waals surface area contributed by atoms with Gasteiger partial charge in [-0.05, 0) is 57.9 Å². The minimum absolute atomic E-state index is 0.0547. The normalized spacial score (nSPS) is 11.1. The van der Waals surface area contributed by atoms with Crippen molar-refractivity contribution in [2.45, 2.75) is 76.2 Å². The zero-order valence-corrected chi connectivity index (χ0v) is 21.3. The molecule has 0 bridgehead atoms. The highest BCUT2D eigenvalue weighted by Crippen LogP contribution is 2.18. The largest absolute Gasteiger partial charge is 0.460 e. The quantitative estimate of drug-likeness (QED) is 0.189. The lowest BCUT2D eigenvalue weighted by molar-refractivity contribution is -0.154. The van der Waals surface area contributed by atoms with E-state index < -0.39 is 28.1 Å². The fourth-order valence-electron chi connectivity index (χ4n) is 3.03. The van der Waals surface area contributed by atoms with E-state index in [4.69, 9.17) is 16.4 Å². The van der Waals surface area contributed by atoms with Gasteiger partial charge in [-0.2, -0.15) is 5.26 Å². The van der Waals surface area contributed by atoms with Crippen molar-refractivity contribution >= 4 is 27.8 Å². The maximum absolute atomic E-state index is 12.8. The Morgan fingerprint density at radius 3 is 2.26 bits per heavy atom. The van der Waals surface area contributed by atoms with Gasteiger partial charge in [0.2, 0.25) is 5.91 Å². The molecule has 35 heavy (non-hydrogen) atoms. The number of nitrogens with one attached hydrogen (secondary N) is 1. The summed E-state index contributed by atoms with van der Waals surface area (Å²) >= 11 is 0. The molecule has 0 saturated carbocycles. The third-order valence-corrected chi connectivity index (χ3v) is 6.47. The molecule has 0 aliphatic carbocycles. The summed E-state index contributed by atoms with van der Waals surface area (Å²) in [4.78, 5) is 36.0. The number of carbonyl (C=O) groups is 3. The number of rotatable bonds is 13. The van der Waals surface area contributed by atoms with Gasteiger partial charge in [0.25, 0.3) is 15.9 Å². The number of nitrogens with zero attached hydrogens (tertiary/aromatic N) is 2. The molecule has 0 unspecified atom stereocenters. The molecule has 0 radical (unpaired) electrons. The average molecular weight is 504 g/mol. The van der Waals surface area contributed by atoms with E-state index in [2.05, 4.69) is 11.2 Å². The first kappa shape index (κ1) is 29.7. The molecule has 0 aliphatic heterocycles. The molecule has 1 aromatic carbocycles. The molecule has 9 nitrogen and oxygen atoms in total. The van der Waals surface area contributed by atoms with Gasteiger partial charge in [0.1, 0.15) is 12.1 Å². The van der Waals surface area contributed by atoms with Gasteiger partial charge >= 0.3 is 5.97 Å². The van der Waals surface area contributed by atoms with Crippen molar-refractivity contribution in [2.24, 2.45) is 0 Å². The van der Waals surface area contributed by atoms with Gasteiger partial charge in [-0.1, -0.05) is 12.8 Å². The van der Waals surface area contributed by atoms with Crippen LogP contribution in [0.5, 0.6) is 0 Å². The second kappa shape index (κ2) is 14.1. The number of hydrogen-bond acceptors (Lipinski definition) is 7. The van der Waals surface area contributed by atoms with Crippen molar-refractivity contribution in [1.82, 2.24) is 9.62 Å². The minimum atomic E-state index is -4.25. The van der Waals surface area contributed by atoms with Crippen LogP contribution < -0.4 is 5.32 Å². The standard InChI is InChI=1S/C25H33N3O6S/c1-5-6-11-22(29)28(19-17-26)35(32,33)21-15-13-20(14-16-21)24(31)27-18-10-8-7-9-12-23(30)34-25(2,3)4/h1,13-16H,6-12,18-19H2,2-4H3,(H,27,31). The molecule has 0 atom stereocenters. The number of terminal acetylenes is 1. The van der Waals surface area contributed by atoms with Crippen molar-refractivity contribution in [3.05, 3.63) is 29.8 Å². The fourth-order valence-corrected chi connectivity index (χ4v) is 4.35. The van der Waals surface area contributed by atoms with E-state index in [1.54, 1.807) is 6.07 Å². The van der Waals surface area contributed by atoms with Gasteiger partial charge in [-0.15, -0.1) is 12.3 Å². The predicted octanol–water partition coefficient (Wildman–Crippen LogP) is 3.16. The Labute approximate surface area is 207 Å². The van der Waals surface area contributed by atoms with Crippen LogP contribution in [0.15, 0.2) is 29.2 Å². The molecule has 0 heterocycles. The second-order valence-electron chi connectivity index (χ2n) is 8.80. The average Bonchev–Trinajstić information content (AvgIpc) is 2.79. The number of hydrogen-bond donors (Lipinski definition) is 1. The van der Waals surface area contributed by atoms with Crippen LogP contribution in [0.2, 0.25) is 0 Å². The predicted molar refractivity (Wildman–Crippen MR) is 130 cm³/mol. The molecule has 0 fully saturated rings. The SMILES string of the molecule is C#CCCC(=O)N(CC#N)S(=O)(=O)c1ccc(C(=O)NCCCCCCC(=O)OC(C)(C)C)cc1. The van der Waals surface area contributed by atoms with Gasteiger partial charge in [0.15, 0.2) is 0 Å². The van der Waals surface area contributed by atoms with Crippen molar-refractivity contribution in [3.63, 3.8) is 0 Å². The van der Waals surface area contributed by atoms with E-state index in [0.29, 0.717) is 23.7 Å². The summed E-state index contributed by atoms with van der Waals surface area (Å²) in [6.07, 6.45) is 8.46. The first-order valence-electron chi connectivity index (χ1n) is 11.4. The maximum atomic E-state index is 12.8. The lowest BCUT2D eigenvalue weighted by atomic mass is 10.1. The number of benzene rings is 1. The number of nitriles is 1. The first-order chi connectivity index (χ1) is 16.4. The van der Waals surface area contributed by atoms with E-state index in [1.165, 1.54) is 24.3 Å². The number of ether oxygens (including phenoxy) is 1. The van der Waals surface area contributed by atoms with Gasteiger partial charge in [-0.25, -0.2) is 12.7 Å². The van der Waals surface area contributed by atoms with E-state index >= 15 is 0 Å². The summed E-state index contributed by atoms with van der Waals surface area (Å²) in [5, 5.41) is 11.7. The van der Waals surface area contributed by atoms with Crippen LogP contribution in [0, 0.1) is 23.7 Å². The van der Waals surface area contributed by atoms with Gasteiger partial charge in [-0.3, -0.25) is 14.4 Å². The first-order valence-corrected chi connectivity index (χ1v) is 12.8. The van der Waals surface area contributed by atoms with Crippen LogP contribution in [0.4, 0.5) is 0 Å². The van der Waals surface area contributed by atoms with E-state index in [0.717, 1.165) is 19.3 Å². The highest BCUT2D eigenvalue weighted by Gasteiger charge is 2.28. The lowest BCUT2D eigenvalue weighted by Gasteiger charge is -2.19. The molecule has 0 spiro atoms. The Morgan fingerprint density at radius 2 is 1.69 bits per heavy atom. The molecule has 0 saturated heterocycles. The van der Waals surface area contributed by atoms with Crippen LogP contribution in [0.1, 0.15) is 76.1 Å². The Bertz CT molecular complexity index is 1060. The van der Waals surface area contributed by atoms with Gasteiger partial charge < -0.3 is 10.1 Å². The van der Waals surface area contributed by atoms with Crippen LogP contribution in [-0.2, 0) is 24.3 Å². The molecule has 2 amide bonds. The summed E-state index contributed by atoms with van der Waals surface area (Å²) in [7, 11) is -4.25. The number of sulfonamides is 1. The molecule has 0 aromatic heterocycles. The van der Waals surface area contributed by atoms with E-state index in [1.807, 2.05) is 20.8 Å². The molecule has 0 aliphatic rings. The molecule has 1 N–H and O–H groups in total. The maximum Gasteiger partial charge on any atom is 0.306 e. The third kappa shape index (κ3) is 10.6. The summed E-state index contributed by atoms with van der Waals surface area (Å²) in [5.41, 5.74) is -0.223. The minimum Gasteiger partial charge on any atom is -0.460 e. The summed E-state index contributed by atoms with van der Waals surface area (Å²) in [6, 6.07) is 6.81. The zero-order valence-electron chi connectivity index (χ0n) is 20.5. The van der Waals surface area contributed by atoms with Crippen LogP contribution in [-0.4, -0.2) is 49.2 Å². The van der Waals surface area contributed by atoms with Crippen molar-refractivity contribution in [1.29, 1.82) is 5.26 Å². The molecule has 10 heteroatoms. The smallest absolute Gasteiger partial charge is 0.306 e. The van der Waals surface area contributed by atoms with Crippen molar-refractivity contribution < 1.29 is 27.5 Å². The number of carbonyl (C=O) groups excluding carboxylic acids is 3. The Kier molecular flexibility index (Phi) is 12.0. The summed E-state index contributed by atoms with van der Waals surface area (Å²) in [5.74, 6) is 0.917. The zero-order chi connectivity index (χ0) is 26.5. The third-order valence-electron chi connectivity index (χ3n) is 4.69. The van der Waals surface area contributed by atoms with E-state index in [9.17, 15) is 22.8 Å². The van der Waals surface area contributed by atoms with Gasteiger partial charge in [0, 0.05) is 31.4 Å². The molecular weight excluding hydrogens is 470 g/mol. The molecule has 190 valence electrons. The molecule has 1 rings (SSSR count). The highest BCUT2D eigenvalue weighted by molar-refractivity contribution is 7.89. The van der Waals surface area contributed by atoms with Crippen molar-refractivity contribution in [3.8, 4) is 18.4 Å². The van der Waals surface area contributed by atoms with Crippen LogP contribution >= 0.6 is 0 Å². The second-order valence-corrected chi connectivity index (χ2v) is 10.7. The Hall–Kier alpha value is -3.37. The number of unbranched alkanes of at least 4 members (excludes halogenated alkanes) is 3. The topological polar surface area (TPSA) is 134 Å². The number of amides is 2. The Morgan fingerprint density at radius 1 is 1.06 bits per heavy atom. The lowest BCUT2D eigenvalue weighted by Crippen LogP contribution is -2.37. The molecule has 1 aromatic rings. The van der Waals surface area contributed by atoms with Gasteiger partial charge in [0.05, 0.1) is 11.0 Å². The number of esters is 1.